The zero-order chi connectivity index (χ0) is 18.9. The Morgan fingerprint density at radius 1 is 1.12 bits per heavy atom. The molecule has 3 aromatic rings. The second kappa shape index (κ2) is 6.76. The summed E-state index contributed by atoms with van der Waals surface area (Å²) in [4.78, 5) is 15.6. The van der Waals surface area contributed by atoms with Crippen LogP contribution in [-0.4, -0.2) is 22.1 Å². The Hall–Kier alpha value is -2.93. The van der Waals surface area contributed by atoms with Crippen molar-refractivity contribution in [1.29, 1.82) is 0 Å². The van der Waals surface area contributed by atoms with Gasteiger partial charge in [0, 0.05) is 17.4 Å². The van der Waals surface area contributed by atoms with Crippen LogP contribution in [0, 0.1) is 0 Å². The van der Waals surface area contributed by atoms with Crippen molar-refractivity contribution >= 4 is 16.8 Å². The number of hydrogen-bond acceptors (Lipinski definition) is 3. The number of nitrogens with two attached hydrogens (primary N) is 1. The number of carbonyl (C=O) groups excluding carboxylic acids is 1. The molecule has 3 rings (SSSR count). The molecule has 26 heavy (non-hydrogen) atoms. The number of aliphatic hydroxyl groups excluding tert-OH is 1. The summed E-state index contributed by atoms with van der Waals surface area (Å²) in [6.07, 6.45) is -5.78. The van der Waals surface area contributed by atoms with Crippen LogP contribution in [0.1, 0.15) is 11.1 Å². The summed E-state index contributed by atoms with van der Waals surface area (Å²) in [6.45, 7) is 0. The number of pyridine rings is 1. The lowest BCUT2D eigenvalue weighted by molar-refractivity contribution is -0.137. The molecule has 7 heteroatoms. The number of aromatic nitrogens is 1. The molecule has 0 saturated heterocycles. The highest BCUT2D eigenvalue weighted by atomic mass is 19.4. The molecular weight excluding hydrogens is 345 g/mol. The summed E-state index contributed by atoms with van der Waals surface area (Å²) < 4.78 is 38.2. The summed E-state index contributed by atoms with van der Waals surface area (Å²) in [5, 5.41) is 10.5. The third kappa shape index (κ3) is 3.67. The largest absolute Gasteiger partial charge is 0.416 e. The van der Waals surface area contributed by atoms with Crippen molar-refractivity contribution in [3.05, 3.63) is 65.7 Å². The van der Waals surface area contributed by atoms with Crippen molar-refractivity contribution in [2.75, 3.05) is 0 Å². The molecule has 3 N–H and O–H groups in total. The number of para-hydroxylation sites is 1. The number of carbonyl (C=O) groups is 1. The van der Waals surface area contributed by atoms with Crippen molar-refractivity contribution in [3.8, 4) is 11.3 Å². The van der Waals surface area contributed by atoms with Gasteiger partial charge in [0.15, 0.2) is 0 Å². The number of halogens is 3. The Balaban J connectivity index is 2.07. The minimum Gasteiger partial charge on any atom is -0.383 e. The van der Waals surface area contributed by atoms with Gasteiger partial charge < -0.3 is 10.8 Å². The lowest BCUT2D eigenvalue weighted by Gasteiger charge is -2.13. The number of primary amides is 1. The van der Waals surface area contributed by atoms with Crippen molar-refractivity contribution in [3.63, 3.8) is 0 Å². The highest BCUT2D eigenvalue weighted by Gasteiger charge is 2.30. The van der Waals surface area contributed by atoms with E-state index < -0.39 is 23.8 Å². The Kier molecular flexibility index (Phi) is 4.65. The lowest BCUT2D eigenvalue weighted by Crippen LogP contribution is -2.30. The summed E-state index contributed by atoms with van der Waals surface area (Å²) in [5.41, 5.74) is 6.57. The number of hydrogen-bond donors (Lipinski definition) is 2. The summed E-state index contributed by atoms with van der Waals surface area (Å²) in [6, 6.07) is 13.4. The normalized spacial score (nSPS) is 12.9. The first-order chi connectivity index (χ1) is 12.3. The van der Waals surface area contributed by atoms with Crippen molar-refractivity contribution in [2.45, 2.75) is 18.7 Å². The molecule has 0 aliphatic carbocycles. The van der Waals surface area contributed by atoms with Crippen LogP contribution in [0.5, 0.6) is 0 Å². The Bertz CT molecular complexity index is 953. The Morgan fingerprint density at radius 3 is 2.38 bits per heavy atom. The maximum Gasteiger partial charge on any atom is 0.416 e. The van der Waals surface area contributed by atoms with Crippen LogP contribution in [0.4, 0.5) is 13.2 Å². The average molecular weight is 360 g/mol. The van der Waals surface area contributed by atoms with Crippen molar-refractivity contribution in [1.82, 2.24) is 4.98 Å². The van der Waals surface area contributed by atoms with Gasteiger partial charge in [0.05, 0.1) is 16.8 Å². The van der Waals surface area contributed by atoms with E-state index in [1.54, 1.807) is 30.3 Å². The van der Waals surface area contributed by atoms with Gasteiger partial charge in [-0.25, -0.2) is 4.98 Å². The van der Waals surface area contributed by atoms with Crippen LogP contribution in [0.25, 0.3) is 22.2 Å². The SMILES string of the molecule is NC(=O)C(O)Cc1cc(-c2ccc(C(F)(F)F)cc2)nc2ccccc12. The molecule has 1 unspecified atom stereocenters. The number of benzene rings is 2. The van der Waals surface area contributed by atoms with Crippen LogP contribution in [0.15, 0.2) is 54.6 Å². The Morgan fingerprint density at radius 2 is 1.77 bits per heavy atom. The fraction of sp³-hybridized carbons (Fsp3) is 0.158. The molecule has 1 amide bonds. The molecule has 0 spiro atoms. The highest BCUT2D eigenvalue weighted by molar-refractivity contribution is 5.86. The maximum absolute atomic E-state index is 12.7. The third-order valence-corrected chi connectivity index (χ3v) is 4.05. The molecule has 0 fully saturated rings. The van der Waals surface area contributed by atoms with Crippen LogP contribution in [0.3, 0.4) is 0 Å². The van der Waals surface area contributed by atoms with Gasteiger partial charge in [0.2, 0.25) is 5.91 Å². The van der Waals surface area contributed by atoms with Crippen molar-refractivity contribution in [2.24, 2.45) is 5.73 Å². The highest BCUT2D eigenvalue weighted by Crippen LogP contribution is 2.31. The molecule has 0 aliphatic heterocycles. The zero-order valence-electron chi connectivity index (χ0n) is 13.5. The summed E-state index contributed by atoms with van der Waals surface area (Å²) in [5.74, 6) is -0.845. The third-order valence-electron chi connectivity index (χ3n) is 4.05. The number of nitrogens with zero attached hydrogens (tertiary/aromatic N) is 1. The number of aliphatic hydroxyl groups is 1. The van der Waals surface area contributed by atoms with Gasteiger partial charge in [-0.3, -0.25) is 4.79 Å². The number of fused-ring (bicyclic) bond motifs is 1. The molecule has 2 aromatic carbocycles. The molecular formula is C19H15F3N2O2. The summed E-state index contributed by atoms with van der Waals surface area (Å²) >= 11 is 0. The predicted octanol–water partition coefficient (Wildman–Crippen LogP) is 3.31. The first kappa shape index (κ1) is 17.9. The molecule has 0 aliphatic rings. The minimum absolute atomic E-state index is 0.00794. The first-order valence-corrected chi connectivity index (χ1v) is 7.79. The monoisotopic (exact) mass is 360 g/mol. The van der Waals surface area contributed by atoms with Crippen LogP contribution >= 0.6 is 0 Å². The van der Waals surface area contributed by atoms with E-state index in [1.807, 2.05) is 0 Å². The van der Waals surface area contributed by atoms with Gasteiger partial charge in [-0.1, -0.05) is 30.3 Å². The van der Waals surface area contributed by atoms with E-state index in [9.17, 15) is 23.1 Å². The molecule has 1 atom stereocenters. The lowest BCUT2D eigenvalue weighted by atomic mass is 9.99. The van der Waals surface area contributed by atoms with Crippen LogP contribution in [-0.2, 0) is 17.4 Å². The second-order valence-corrected chi connectivity index (χ2v) is 5.88. The topological polar surface area (TPSA) is 76.2 Å². The molecule has 4 nitrogen and oxygen atoms in total. The van der Waals surface area contributed by atoms with E-state index in [1.165, 1.54) is 12.1 Å². The standard InChI is InChI=1S/C19H15F3N2O2/c20-19(21,22)13-7-5-11(6-8-13)16-9-12(10-17(25)18(23)26)14-3-1-2-4-15(14)24-16/h1-9,17,25H,10H2,(H2,23,26). The predicted molar refractivity (Wildman–Crippen MR) is 91.1 cm³/mol. The van der Waals surface area contributed by atoms with Gasteiger partial charge in [-0.15, -0.1) is 0 Å². The van der Waals surface area contributed by atoms with Gasteiger partial charge in [0.1, 0.15) is 6.10 Å². The van der Waals surface area contributed by atoms with Crippen LogP contribution < -0.4 is 5.73 Å². The number of amides is 1. The van der Waals surface area contributed by atoms with E-state index in [2.05, 4.69) is 4.98 Å². The second-order valence-electron chi connectivity index (χ2n) is 5.88. The average Bonchev–Trinajstić information content (AvgIpc) is 2.61. The van der Waals surface area contributed by atoms with E-state index in [-0.39, 0.29) is 6.42 Å². The number of rotatable bonds is 4. The summed E-state index contributed by atoms with van der Waals surface area (Å²) in [7, 11) is 0. The smallest absolute Gasteiger partial charge is 0.383 e. The Labute approximate surface area is 147 Å². The quantitative estimate of drug-likeness (QED) is 0.749. The van der Waals surface area contributed by atoms with Crippen molar-refractivity contribution < 1.29 is 23.1 Å². The van der Waals surface area contributed by atoms with E-state index in [0.29, 0.717) is 22.3 Å². The molecule has 0 radical (unpaired) electrons. The van der Waals surface area contributed by atoms with E-state index in [0.717, 1.165) is 17.5 Å². The first-order valence-electron chi connectivity index (χ1n) is 7.79. The number of alkyl halides is 3. The van der Waals surface area contributed by atoms with Gasteiger partial charge in [-0.2, -0.15) is 13.2 Å². The van der Waals surface area contributed by atoms with Gasteiger partial charge >= 0.3 is 6.18 Å². The van der Waals surface area contributed by atoms with Gasteiger partial charge in [0.25, 0.3) is 0 Å². The fourth-order valence-electron chi connectivity index (χ4n) is 2.70. The zero-order valence-corrected chi connectivity index (χ0v) is 13.5. The molecule has 1 aromatic heterocycles. The van der Waals surface area contributed by atoms with E-state index >= 15 is 0 Å². The molecule has 1 heterocycles. The van der Waals surface area contributed by atoms with Crippen LogP contribution in [0.2, 0.25) is 0 Å². The van der Waals surface area contributed by atoms with Gasteiger partial charge in [-0.05, 0) is 29.8 Å². The minimum atomic E-state index is -4.41. The molecule has 0 bridgehead atoms. The molecule has 134 valence electrons. The maximum atomic E-state index is 12.7. The fourth-order valence-corrected chi connectivity index (χ4v) is 2.70. The molecule has 0 saturated carbocycles. The van der Waals surface area contributed by atoms with E-state index in [4.69, 9.17) is 5.73 Å².